The summed E-state index contributed by atoms with van der Waals surface area (Å²) in [6.07, 6.45) is 0. The molecule has 1 amide bonds. The largest absolute Gasteiger partial charge is 0.331 e. The minimum Gasteiger partial charge on any atom is -0.331 e. The molecule has 0 bridgehead atoms. The average Bonchev–Trinajstić information content (AvgIpc) is 2.88. The lowest BCUT2D eigenvalue weighted by atomic mass is 10.1. The number of carbonyl (C=O) groups is 1. The molecule has 36 heavy (non-hydrogen) atoms. The van der Waals surface area contributed by atoms with Crippen molar-refractivity contribution < 1.29 is 13.2 Å². The Morgan fingerprint density at radius 1 is 0.750 bits per heavy atom. The van der Waals surface area contributed by atoms with Gasteiger partial charge in [0.1, 0.15) is 6.54 Å². The monoisotopic (exact) mass is 497 g/mol. The molecule has 0 aliphatic rings. The molecule has 0 aliphatic carbocycles. The van der Waals surface area contributed by atoms with Crippen LogP contribution < -0.4 is 15.5 Å². The molecule has 4 aromatic carbocycles. The summed E-state index contributed by atoms with van der Waals surface area (Å²) in [6, 6.07) is 27.5. The summed E-state index contributed by atoms with van der Waals surface area (Å²) in [7, 11) is -3.72. The van der Waals surface area contributed by atoms with Crippen LogP contribution in [0.4, 0.5) is 11.4 Å². The fourth-order valence-electron chi connectivity index (χ4n) is 4.14. The minimum absolute atomic E-state index is 0.00309. The Hall–Kier alpha value is -4.43. The lowest BCUT2D eigenvalue weighted by molar-refractivity contribution is -0.116. The highest BCUT2D eigenvalue weighted by molar-refractivity contribution is 7.92. The summed E-state index contributed by atoms with van der Waals surface area (Å²) in [6.45, 7) is 1.89. The molecular weight excluding hydrogens is 474 g/mol. The summed E-state index contributed by atoms with van der Waals surface area (Å²) in [5.41, 5.74) is 3.16. The second kappa shape index (κ2) is 9.31. The van der Waals surface area contributed by atoms with Gasteiger partial charge in [-0.1, -0.05) is 42.0 Å². The number of aryl methyl sites for hydroxylation is 1. The van der Waals surface area contributed by atoms with Crippen molar-refractivity contribution in [2.24, 2.45) is 0 Å². The first kappa shape index (κ1) is 23.3. The SMILES string of the molecule is Cc1ccc(S(=O)(=O)Nc2ccc(NC(=O)Cn3c4ccccc4c(=O)c4ccccc43)cc2)cc1. The number of para-hydroxylation sites is 2. The van der Waals surface area contributed by atoms with Crippen LogP contribution in [0.15, 0.2) is 107 Å². The summed E-state index contributed by atoms with van der Waals surface area (Å²) in [5, 5.41) is 3.95. The Bertz CT molecular complexity index is 1700. The van der Waals surface area contributed by atoms with Crippen LogP contribution in [0.25, 0.3) is 21.8 Å². The Balaban J connectivity index is 1.35. The summed E-state index contributed by atoms with van der Waals surface area (Å²) < 4.78 is 29.6. The molecule has 0 radical (unpaired) electrons. The van der Waals surface area contributed by atoms with Crippen LogP contribution in [0.1, 0.15) is 5.56 Å². The van der Waals surface area contributed by atoms with Crippen LogP contribution in [0.2, 0.25) is 0 Å². The maximum Gasteiger partial charge on any atom is 0.261 e. The molecule has 0 fully saturated rings. The Morgan fingerprint density at radius 3 is 1.86 bits per heavy atom. The topological polar surface area (TPSA) is 97.3 Å². The standard InChI is InChI=1S/C28H23N3O4S/c1-19-10-16-22(17-11-19)36(34,35)30-21-14-12-20(13-15-21)29-27(32)18-31-25-8-4-2-6-23(25)28(33)24-7-3-5-9-26(24)31/h2-17,30H,18H2,1H3,(H,29,32). The number of aromatic nitrogens is 1. The first-order valence-electron chi connectivity index (χ1n) is 11.3. The number of pyridine rings is 1. The van der Waals surface area contributed by atoms with Crippen molar-refractivity contribution in [2.75, 3.05) is 10.0 Å². The molecule has 5 rings (SSSR count). The third kappa shape index (κ3) is 4.58. The van der Waals surface area contributed by atoms with Gasteiger partial charge in [-0.3, -0.25) is 14.3 Å². The predicted molar refractivity (Wildman–Crippen MR) is 143 cm³/mol. The second-order valence-corrected chi connectivity index (χ2v) is 10.2. The van der Waals surface area contributed by atoms with Gasteiger partial charge in [0.2, 0.25) is 5.91 Å². The smallest absolute Gasteiger partial charge is 0.261 e. The van der Waals surface area contributed by atoms with Crippen LogP contribution >= 0.6 is 0 Å². The molecule has 0 saturated carbocycles. The van der Waals surface area contributed by atoms with Gasteiger partial charge in [-0.05, 0) is 67.6 Å². The molecule has 0 aliphatic heterocycles. The Labute approximate surface area is 208 Å². The highest BCUT2D eigenvalue weighted by atomic mass is 32.2. The van der Waals surface area contributed by atoms with E-state index >= 15 is 0 Å². The molecular formula is C28H23N3O4S. The molecule has 1 heterocycles. The number of benzene rings is 4. The summed E-state index contributed by atoms with van der Waals surface area (Å²) in [4.78, 5) is 26.0. The zero-order valence-electron chi connectivity index (χ0n) is 19.4. The number of rotatable bonds is 6. The van der Waals surface area contributed by atoms with Gasteiger partial charge in [-0.25, -0.2) is 8.42 Å². The molecule has 0 spiro atoms. The number of anilines is 2. The fourth-order valence-corrected chi connectivity index (χ4v) is 5.20. The van der Waals surface area contributed by atoms with Gasteiger partial charge in [-0.2, -0.15) is 0 Å². The van der Waals surface area contributed by atoms with Crippen LogP contribution in [-0.4, -0.2) is 18.9 Å². The van der Waals surface area contributed by atoms with Crippen molar-refractivity contribution in [1.82, 2.24) is 4.57 Å². The first-order chi connectivity index (χ1) is 17.3. The molecule has 0 saturated heterocycles. The van der Waals surface area contributed by atoms with E-state index in [9.17, 15) is 18.0 Å². The lowest BCUT2D eigenvalue weighted by Crippen LogP contribution is -2.21. The number of nitrogens with zero attached hydrogens (tertiary/aromatic N) is 1. The predicted octanol–water partition coefficient (Wildman–Crippen LogP) is 4.90. The molecule has 1 aromatic heterocycles. The number of hydrogen-bond donors (Lipinski definition) is 2. The molecule has 0 atom stereocenters. The third-order valence-electron chi connectivity index (χ3n) is 5.93. The zero-order valence-corrected chi connectivity index (χ0v) is 20.2. The second-order valence-electron chi connectivity index (χ2n) is 8.49. The van der Waals surface area contributed by atoms with Crippen LogP contribution in [0, 0.1) is 6.92 Å². The summed E-state index contributed by atoms with van der Waals surface area (Å²) in [5.74, 6) is -0.276. The maximum absolute atomic E-state index is 13.0. The van der Waals surface area contributed by atoms with Crippen molar-refractivity contribution in [3.05, 3.63) is 113 Å². The molecule has 7 nitrogen and oxygen atoms in total. The fraction of sp³-hybridized carbons (Fsp3) is 0.0714. The van der Waals surface area contributed by atoms with Crippen LogP contribution in [0.3, 0.4) is 0 Å². The molecule has 180 valence electrons. The molecule has 8 heteroatoms. The van der Waals surface area contributed by atoms with Crippen molar-refractivity contribution >= 4 is 49.1 Å². The highest BCUT2D eigenvalue weighted by Gasteiger charge is 2.15. The van der Waals surface area contributed by atoms with E-state index in [4.69, 9.17) is 0 Å². The van der Waals surface area contributed by atoms with E-state index in [0.717, 1.165) is 5.56 Å². The number of hydrogen-bond acceptors (Lipinski definition) is 4. The molecule has 2 N–H and O–H groups in total. The van der Waals surface area contributed by atoms with Crippen LogP contribution in [0.5, 0.6) is 0 Å². The van der Waals surface area contributed by atoms with Gasteiger partial charge in [0.15, 0.2) is 5.43 Å². The van der Waals surface area contributed by atoms with Gasteiger partial charge in [0, 0.05) is 22.1 Å². The minimum atomic E-state index is -3.72. The average molecular weight is 498 g/mol. The van der Waals surface area contributed by atoms with E-state index in [-0.39, 0.29) is 22.8 Å². The van der Waals surface area contributed by atoms with Gasteiger partial charge in [0.05, 0.1) is 15.9 Å². The lowest BCUT2D eigenvalue weighted by Gasteiger charge is -2.15. The normalized spacial score (nSPS) is 11.5. The van der Waals surface area contributed by atoms with E-state index in [1.165, 1.54) is 0 Å². The maximum atomic E-state index is 13.0. The van der Waals surface area contributed by atoms with Crippen molar-refractivity contribution in [1.29, 1.82) is 0 Å². The van der Waals surface area contributed by atoms with E-state index in [2.05, 4.69) is 10.0 Å². The number of sulfonamides is 1. The van der Waals surface area contributed by atoms with E-state index in [1.54, 1.807) is 72.8 Å². The first-order valence-corrected chi connectivity index (χ1v) is 12.8. The number of nitrogens with one attached hydrogen (secondary N) is 2. The Kier molecular flexibility index (Phi) is 6.03. The van der Waals surface area contributed by atoms with Gasteiger partial charge >= 0.3 is 0 Å². The Morgan fingerprint density at radius 2 is 1.28 bits per heavy atom. The highest BCUT2D eigenvalue weighted by Crippen LogP contribution is 2.21. The zero-order chi connectivity index (χ0) is 25.3. The van der Waals surface area contributed by atoms with Crippen molar-refractivity contribution in [2.45, 2.75) is 18.4 Å². The van der Waals surface area contributed by atoms with Crippen LogP contribution in [-0.2, 0) is 21.4 Å². The molecule has 5 aromatic rings. The third-order valence-corrected chi connectivity index (χ3v) is 7.33. The van der Waals surface area contributed by atoms with Crippen molar-refractivity contribution in [3.63, 3.8) is 0 Å². The van der Waals surface area contributed by atoms with E-state index in [1.807, 2.05) is 35.8 Å². The number of fused-ring (bicyclic) bond motifs is 2. The summed E-state index contributed by atoms with van der Waals surface area (Å²) >= 11 is 0. The van der Waals surface area contributed by atoms with E-state index in [0.29, 0.717) is 33.2 Å². The van der Waals surface area contributed by atoms with Gasteiger partial charge < -0.3 is 9.88 Å². The quantitative estimate of drug-likeness (QED) is 0.326. The van der Waals surface area contributed by atoms with Gasteiger partial charge in [0.25, 0.3) is 10.0 Å². The number of amides is 1. The van der Waals surface area contributed by atoms with Crippen molar-refractivity contribution in [3.8, 4) is 0 Å². The molecule has 0 unspecified atom stereocenters. The van der Waals surface area contributed by atoms with E-state index < -0.39 is 10.0 Å². The number of carbonyl (C=O) groups excluding carboxylic acids is 1. The van der Waals surface area contributed by atoms with Gasteiger partial charge in [-0.15, -0.1) is 0 Å².